The van der Waals surface area contributed by atoms with Gasteiger partial charge in [-0.1, -0.05) is 35.5 Å². The van der Waals surface area contributed by atoms with Crippen LogP contribution in [0, 0.1) is 6.92 Å². The molecule has 0 fully saturated rings. The number of nitrogens with one attached hydrogen (secondary N) is 1. The summed E-state index contributed by atoms with van der Waals surface area (Å²) in [5, 5.41) is 11.5. The molecule has 1 heterocycles. The van der Waals surface area contributed by atoms with E-state index in [-0.39, 0.29) is 5.75 Å². The summed E-state index contributed by atoms with van der Waals surface area (Å²) >= 11 is 1.22. The highest BCUT2D eigenvalue weighted by Crippen LogP contribution is 2.24. The third-order valence-electron chi connectivity index (χ3n) is 4.45. The summed E-state index contributed by atoms with van der Waals surface area (Å²) in [6.07, 6.45) is 0. The molecule has 0 aliphatic heterocycles. The maximum atomic E-state index is 12.3. The second-order valence-electron chi connectivity index (χ2n) is 6.71. The summed E-state index contributed by atoms with van der Waals surface area (Å²) in [5.41, 5.74) is 2.43. The Morgan fingerprint density at radius 1 is 1.10 bits per heavy atom. The van der Waals surface area contributed by atoms with Gasteiger partial charge in [0, 0.05) is 18.2 Å². The van der Waals surface area contributed by atoms with E-state index in [0.29, 0.717) is 35.4 Å². The summed E-state index contributed by atoms with van der Waals surface area (Å²) in [5.74, 6) is 0.496. The molecule has 31 heavy (non-hydrogen) atoms. The van der Waals surface area contributed by atoms with Gasteiger partial charge in [-0.15, -0.1) is 10.2 Å². The standard InChI is InChI=1S/C22H24N4O4S/c1-15-5-4-6-17(13-15)20-24-25-22(26(20)11-12-29-2)31-14-19(27)23-21(28)16-7-9-18(30-3)10-8-16/h4-10,13H,11-12,14H2,1-3H3,(H,23,27,28). The normalized spacial score (nSPS) is 10.7. The topological polar surface area (TPSA) is 95.3 Å². The molecule has 0 aliphatic carbocycles. The Morgan fingerprint density at radius 2 is 1.87 bits per heavy atom. The molecule has 9 heteroatoms. The first-order valence-electron chi connectivity index (χ1n) is 9.62. The lowest BCUT2D eigenvalue weighted by Crippen LogP contribution is -2.31. The van der Waals surface area contributed by atoms with Gasteiger partial charge in [0.1, 0.15) is 5.75 Å². The first-order chi connectivity index (χ1) is 15.0. The maximum Gasteiger partial charge on any atom is 0.257 e. The van der Waals surface area contributed by atoms with Crippen molar-refractivity contribution in [3.8, 4) is 17.1 Å². The molecule has 1 aromatic heterocycles. The van der Waals surface area contributed by atoms with Crippen LogP contribution in [0.3, 0.4) is 0 Å². The van der Waals surface area contributed by atoms with Gasteiger partial charge < -0.3 is 9.47 Å². The predicted molar refractivity (Wildman–Crippen MR) is 118 cm³/mol. The number of hydrogen-bond acceptors (Lipinski definition) is 7. The molecule has 2 amide bonds. The predicted octanol–water partition coefficient (Wildman–Crippen LogP) is 2.96. The van der Waals surface area contributed by atoms with Crippen molar-refractivity contribution in [2.24, 2.45) is 0 Å². The van der Waals surface area contributed by atoms with Crippen LogP contribution in [0.5, 0.6) is 5.75 Å². The smallest absolute Gasteiger partial charge is 0.257 e. The molecule has 3 rings (SSSR count). The third kappa shape index (κ3) is 5.93. The van der Waals surface area contributed by atoms with E-state index < -0.39 is 11.8 Å². The number of ether oxygens (including phenoxy) is 2. The van der Waals surface area contributed by atoms with Crippen molar-refractivity contribution in [2.75, 3.05) is 26.6 Å². The zero-order chi connectivity index (χ0) is 22.2. The van der Waals surface area contributed by atoms with E-state index in [1.54, 1.807) is 38.5 Å². The highest BCUT2D eigenvalue weighted by molar-refractivity contribution is 7.99. The number of aromatic nitrogens is 3. The van der Waals surface area contributed by atoms with Gasteiger partial charge in [0.25, 0.3) is 5.91 Å². The number of carbonyl (C=O) groups excluding carboxylic acids is 2. The minimum absolute atomic E-state index is 0.0286. The van der Waals surface area contributed by atoms with Gasteiger partial charge in [0.05, 0.1) is 26.0 Å². The van der Waals surface area contributed by atoms with Crippen LogP contribution in [-0.2, 0) is 16.1 Å². The van der Waals surface area contributed by atoms with Crippen LogP contribution < -0.4 is 10.1 Å². The van der Waals surface area contributed by atoms with E-state index in [1.165, 1.54) is 11.8 Å². The van der Waals surface area contributed by atoms with Crippen LogP contribution >= 0.6 is 11.8 Å². The van der Waals surface area contributed by atoms with E-state index >= 15 is 0 Å². The number of imide groups is 1. The number of carbonyl (C=O) groups is 2. The summed E-state index contributed by atoms with van der Waals surface area (Å²) in [6, 6.07) is 14.5. The van der Waals surface area contributed by atoms with Crippen LogP contribution in [-0.4, -0.2) is 53.2 Å². The van der Waals surface area contributed by atoms with Gasteiger partial charge >= 0.3 is 0 Å². The minimum atomic E-state index is -0.463. The average Bonchev–Trinajstić information content (AvgIpc) is 3.19. The molecule has 0 bridgehead atoms. The van der Waals surface area contributed by atoms with Gasteiger partial charge in [0.15, 0.2) is 11.0 Å². The van der Waals surface area contributed by atoms with Gasteiger partial charge in [-0.05, 0) is 37.3 Å². The Morgan fingerprint density at radius 3 is 2.55 bits per heavy atom. The molecular weight excluding hydrogens is 416 g/mol. The lowest BCUT2D eigenvalue weighted by Gasteiger charge is -2.10. The molecule has 0 saturated heterocycles. The van der Waals surface area contributed by atoms with Crippen molar-refractivity contribution in [1.82, 2.24) is 20.1 Å². The first-order valence-corrected chi connectivity index (χ1v) is 10.6. The fraction of sp³-hybridized carbons (Fsp3) is 0.273. The minimum Gasteiger partial charge on any atom is -0.497 e. The third-order valence-corrected chi connectivity index (χ3v) is 5.42. The fourth-order valence-electron chi connectivity index (χ4n) is 2.88. The largest absolute Gasteiger partial charge is 0.497 e. The summed E-state index contributed by atoms with van der Waals surface area (Å²) < 4.78 is 12.2. The van der Waals surface area contributed by atoms with Crippen LogP contribution in [0.15, 0.2) is 53.7 Å². The molecule has 0 spiro atoms. The highest BCUT2D eigenvalue weighted by atomic mass is 32.2. The molecule has 2 aromatic carbocycles. The second kappa shape index (κ2) is 10.7. The molecule has 8 nitrogen and oxygen atoms in total. The Labute approximate surface area is 185 Å². The number of nitrogens with zero attached hydrogens (tertiary/aromatic N) is 3. The highest BCUT2D eigenvalue weighted by Gasteiger charge is 2.17. The van der Waals surface area contributed by atoms with Crippen molar-refractivity contribution in [2.45, 2.75) is 18.6 Å². The molecule has 0 atom stereocenters. The van der Waals surface area contributed by atoms with Crippen molar-refractivity contribution in [3.05, 3.63) is 59.7 Å². The van der Waals surface area contributed by atoms with Crippen LogP contribution in [0.1, 0.15) is 15.9 Å². The molecule has 162 valence electrons. The van der Waals surface area contributed by atoms with E-state index in [2.05, 4.69) is 15.5 Å². The van der Waals surface area contributed by atoms with Crippen molar-refractivity contribution in [3.63, 3.8) is 0 Å². The van der Waals surface area contributed by atoms with Gasteiger partial charge in [-0.3, -0.25) is 19.5 Å². The number of thioether (sulfide) groups is 1. The zero-order valence-corrected chi connectivity index (χ0v) is 18.4. The van der Waals surface area contributed by atoms with E-state index in [9.17, 15) is 9.59 Å². The summed E-state index contributed by atoms with van der Waals surface area (Å²) in [4.78, 5) is 24.6. The van der Waals surface area contributed by atoms with Gasteiger partial charge in [-0.2, -0.15) is 0 Å². The van der Waals surface area contributed by atoms with Crippen LogP contribution in [0.2, 0.25) is 0 Å². The van der Waals surface area contributed by atoms with Gasteiger partial charge in [0.2, 0.25) is 5.91 Å². The zero-order valence-electron chi connectivity index (χ0n) is 17.6. The molecular formula is C22H24N4O4S. The van der Waals surface area contributed by atoms with Gasteiger partial charge in [-0.25, -0.2) is 0 Å². The maximum absolute atomic E-state index is 12.3. The lowest BCUT2D eigenvalue weighted by atomic mass is 10.1. The Hall–Kier alpha value is -3.17. The number of rotatable bonds is 9. The van der Waals surface area contributed by atoms with E-state index in [4.69, 9.17) is 9.47 Å². The average molecular weight is 441 g/mol. The first kappa shape index (κ1) is 22.5. The lowest BCUT2D eigenvalue weighted by molar-refractivity contribution is -0.117. The van der Waals surface area contributed by atoms with E-state index in [1.807, 2.05) is 35.8 Å². The number of aryl methyl sites for hydroxylation is 1. The SMILES string of the molecule is COCCn1c(SCC(=O)NC(=O)c2ccc(OC)cc2)nnc1-c1cccc(C)c1. The quantitative estimate of drug-likeness (QED) is 0.511. The number of methoxy groups -OCH3 is 2. The second-order valence-corrected chi connectivity index (χ2v) is 7.66. The molecule has 0 unspecified atom stereocenters. The molecule has 0 radical (unpaired) electrons. The molecule has 0 aliphatic rings. The van der Waals surface area contributed by atoms with Crippen LogP contribution in [0.4, 0.5) is 0 Å². The Kier molecular flexibility index (Phi) is 7.80. The Balaban J connectivity index is 1.67. The van der Waals surface area contributed by atoms with Crippen molar-refractivity contribution >= 4 is 23.6 Å². The molecule has 0 saturated carbocycles. The van der Waals surface area contributed by atoms with Crippen molar-refractivity contribution < 1.29 is 19.1 Å². The van der Waals surface area contributed by atoms with E-state index in [0.717, 1.165) is 11.1 Å². The Bertz CT molecular complexity index is 1050. The number of benzene rings is 2. The summed E-state index contributed by atoms with van der Waals surface area (Å²) in [7, 11) is 3.17. The van der Waals surface area contributed by atoms with Crippen molar-refractivity contribution in [1.29, 1.82) is 0 Å². The monoisotopic (exact) mass is 440 g/mol. The fourth-order valence-corrected chi connectivity index (χ4v) is 3.65. The number of amides is 2. The summed E-state index contributed by atoms with van der Waals surface area (Å²) in [6.45, 7) is 3.03. The molecule has 1 N–H and O–H groups in total. The number of hydrogen-bond donors (Lipinski definition) is 1. The molecule has 3 aromatic rings. The van der Waals surface area contributed by atoms with Crippen LogP contribution in [0.25, 0.3) is 11.4 Å².